The monoisotopic (exact) mass is 237 g/mol. The molecule has 1 aromatic rings. The SMILES string of the molecule is COc1cccnc1NCC(=O)NCC(C)C. The third-order valence-corrected chi connectivity index (χ3v) is 2.11. The number of aromatic nitrogens is 1. The van der Waals surface area contributed by atoms with Gasteiger partial charge in [-0.25, -0.2) is 4.98 Å². The quantitative estimate of drug-likeness (QED) is 0.782. The fourth-order valence-electron chi connectivity index (χ4n) is 1.23. The number of amides is 1. The van der Waals surface area contributed by atoms with Crippen LogP contribution in [0.25, 0.3) is 0 Å². The Kier molecular flexibility index (Phi) is 5.26. The van der Waals surface area contributed by atoms with Crippen LogP contribution in [0, 0.1) is 5.92 Å². The van der Waals surface area contributed by atoms with Gasteiger partial charge in [0.1, 0.15) is 0 Å². The third-order valence-electron chi connectivity index (χ3n) is 2.11. The number of anilines is 1. The minimum Gasteiger partial charge on any atom is -0.493 e. The van der Waals surface area contributed by atoms with E-state index in [0.29, 0.717) is 24.0 Å². The zero-order chi connectivity index (χ0) is 12.7. The van der Waals surface area contributed by atoms with E-state index in [1.165, 1.54) is 0 Å². The minimum atomic E-state index is -0.0496. The van der Waals surface area contributed by atoms with Crippen LogP contribution in [0.2, 0.25) is 0 Å². The average Bonchev–Trinajstić information content (AvgIpc) is 2.34. The summed E-state index contributed by atoms with van der Waals surface area (Å²) in [5.41, 5.74) is 0. The predicted molar refractivity (Wildman–Crippen MR) is 67.1 cm³/mol. The van der Waals surface area contributed by atoms with E-state index in [9.17, 15) is 4.79 Å². The molecule has 0 radical (unpaired) electrons. The number of nitrogens with zero attached hydrogens (tertiary/aromatic N) is 1. The zero-order valence-electron chi connectivity index (χ0n) is 10.5. The van der Waals surface area contributed by atoms with Crippen LogP contribution in [0.4, 0.5) is 5.82 Å². The molecule has 0 aromatic carbocycles. The van der Waals surface area contributed by atoms with Gasteiger partial charge >= 0.3 is 0 Å². The van der Waals surface area contributed by atoms with E-state index in [1.54, 1.807) is 25.4 Å². The maximum absolute atomic E-state index is 11.5. The summed E-state index contributed by atoms with van der Waals surface area (Å²) in [7, 11) is 1.57. The molecule has 0 fully saturated rings. The molecular formula is C12H19N3O2. The van der Waals surface area contributed by atoms with Crippen LogP contribution >= 0.6 is 0 Å². The van der Waals surface area contributed by atoms with E-state index in [4.69, 9.17) is 4.74 Å². The standard InChI is InChI=1S/C12H19N3O2/c1-9(2)7-14-11(16)8-15-12-10(17-3)5-4-6-13-12/h4-6,9H,7-8H2,1-3H3,(H,13,15)(H,14,16). The number of methoxy groups -OCH3 is 1. The van der Waals surface area contributed by atoms with Gasteiger partial charge in [-0.2, -0.15) is 0 Å². The highest BCUT2D eigenvalue weighted by atomic mass is 16.5. The molecule has 5 nitrogen and oxygen atoms in total. The van der Waals surface area contributed by atoms with E-state index in [2.05, 4.69) is 29.5 Å². The van der Waals surface area contributed by atoms with E-state index in [0.717, 1.165) is 0 Å². The average molecular weight is 237 g/mol. The van der Waals surface area contributed by atoms with E-state index in [1.807, 2.05) is 0 Å². The van der Waals surface area contributed by atoms with Crippen LogP contribution in [0.1, 0.15) is 13.8 Å². The lowest BCUT2D eigenvalue weighted by atomic mass is 10.2. The molecule has 1 heterocycles. The zero-order valence-corrected chi connectivity index (χ0v) is 10.5. The molecule has 1 amide bonds. The second-order valence-corrected chi connectivity index (χ2v) is 4.11. The largest absolute Gasteiger partial charge is 0.493 e. The Balaban J connectivity index is 2.42. The van der Waals surface area contributed by atoms with Crippen molar-refractivity contribution in [3.05, 3.63) is 18.3 Å². The number of ether oxygens (including phenoxy) is 1. The summed E-state index contributed by atoms with van der Waals surface area (Å²) < 4.78 is 5.12. The van der Waals surface area contributed by atoms with Crippen molar-refractivity contribution in [1.82, 2.24) is 10.3 Å². The molecule has 5 heteroatoms. The second kappa shape index (κ2) is 6.73. The van der Waals surface area contributed by atoms with E-state index in [-0.39, 0.29) is 12.5 Å². The van der Waals surface area contributed by atoms with Crippen LogP contribution in [-0.2, 0) is 4.79 Å². The van der Waals surface area contributed by atoms with Crippen LogP contribution in [-0.4, -0.2) is 31.1 Å². The predicted octanol–water partition coefficient (Wildman–Crippen LogP) is 1.27. The van der Waals surface area contributed by atoms with E-state index >= 15 is 0 Å². The molecule has 0 saturated heterocycles. The van der Waals surface area contributed by atoms with Crippen molar-refractivity contribution >= 4 is 11.7 Å². The maximum Gasteiger partial charge on any atom is 0.239 e. The van der Waals surface area contributed by atoms with Crippen molar-refractivity contribution in [3.63, 3.8) is 0 Å². The molecule has 0 aliphatic carbocycles. The molecule has 0 bridgehead atoms. The molecule has 0 unspecified atom stereocenters. The van der Waals surface area contributed by atoms with Gasteiger partial charge in [-0.15, -0.1) is 0 Å². The van der Waals surface area contributed by atoms with Crippen molar-refractivity contribution < 1.29 is 9.53 Å². The van der Waals surface area contributed by atoms with Gasteiger partial charge in [0, 0.05) is 12.7 Å². The Morgan fingerprint density at radius 1 is 1.53 bits per heavy atom. The molecule has 1 rings (SSSR count). The Hall–Kier alpha value is -1.78. The molecule has 0 saturated carbocycles. The first-order valence-corrected chi connectivity index (χ1v) is 5.63. The topological polar surface area (TPSA) is 63.2 Å². The van der Waals surface area contributed by atoms with Crippen LogP contribution in [0.3, 0.4) is 0 Å². The fourth-order valence-corrected chi connectivity index (χ4v) is 1.23. The van der Waals surface area contributed by atoms with Crippen molar-refractivity contribution in [2.24, 2.45) is 5.92 Å². The Morgan fingerprint density at radius 3 is 2.94 bits per heavy atom. The number of hydrogen-bond acceptors (Lipinski definition) is 4. The molecule has 0 spiro atoms. The molecule has 0 aliphatic heterocycles. The highest BCUT2D eigenvalue weighted by molar-refractivity contribution is 5.80. The minimum absolute atomic E-state index is 0.0496. The first-order chi connectivity index (χ1) is 8.13. The summed E-state index contributed by atoms with van der Waals surface area (Å²) in [6.45, 7) is 4.98. The highest BCUT2D eigenvalue weighted by Gasteiger charge is 2.06. The van der Waals surface area contributed by atoms with E-state index < -0.39 is 0 Å². The highest BCUT2D eigenvalue weighted by Crippen LogP contribution is 2.19. The smallest absolute Gasteiger partial charge is 0.239 e. The lowest BCUT2D eigenvalue weighted by Gasteiger charge is -2.10. The summed E-state index contributed by atoms with van der Waals surface area (Å²) in [6, 6.07) is 3.57. The number of pyridine rings is 1. The first-order valence-electron chi connectivity index (χ1n) is 5.63. The molecule has 17 heavy (non-hydrogen) atoms. The lowest BCUT2D eigenvalue weighted by Crippen LogP contribution is -2.32. The molecule has 0 atom stereocenters. The Morgan fingerprint density at radius 2 is 2.29 bits per heavy atom. The van der Waals surface area contributed by atoms with Gasteiger partial charge in [-0.3, -0.25) is 4.79 Å². The van der Waals surface area contributed by atoms with Gasteiger partial charge in [0.25, 0.3) is 0 Å². The maximum atomic E-state index is 11.5. The van der Waals surface area contributed by atoms with Gasteiger partial charge in [0.15, 0.2) is 11.6 Å². The van der Waals surface area contributed by atoms with Crippen molar-refractivity contribution in [1.29, 1.82) is 0 Å². The van der Waals surface area contributed by atoms with Crippen LogP contribution < -0.4 is 15.4 Å². The van der Waals surface area contributed by atoms with Crippen molar-refractivity contribution in [3.8, 4) is 5.75 Å². The van der Waals surface area contributed by atoms with Gasteiger partial charge in [0.05, 0.1) is 13.7 Å². The Labute approximate surface area is 102 Å². The normalized spacial score (nSPS) is 10.1. The molecule has 0 aliphatic rings. The summed E-state index contributed by atoms with van der Waals surface area (Å²) in [4.78, 5) is 15.6. The molecule has 2 N–H and O–H groups in total. The third kappa shape index (κ3) is 4.72. The second-order valence-electron chi connectivity index (χ2n) is 4.11. The van der Waals surface area contributed by atoms with Gasteiger partial charge in [-0.1, -0.05) is 13.8 Å². The van der Waals surface area contributed by atoms with Crippen molar-refractivity contribution in [2.45, 2.75) is 13.8 Å². The van der Waals surface area contributed by atoms with Gasteiger partial charge in [-0.05, 0) is 18.1 Å². The molecule has 1 aromatic heterocycles. The van der Waals surface area contributed by atoms with Crippen LogP contribution in [0.5, 0.6) is 5.75 Å². The van der Waals surface area contributed by atoms with Gasteiger partial charge in [0.2, 0.25) is 5.91 Å². The number of nitrogens with one attached hydrogen (secondary N) is 2. The molecule has 94 valence electrons. The summed E-state index contributed by atoms with van der Waals surface area (Å²) in [6.07, 6.45) is 1.65. The number of carbonyl (C=O) groups is 1. The fraction of sp³-hybridized carbons (Fsp3) is 0.500. The number of rotatable bonds is 6. The summed E-state index contributed by atoms with van der Waals surface area (Å²) in [5, 5.41) is 5.76. The lowest BCUT2D eigenvalue weighted by molar-refractivity contribution is -0.119. The summed E-state index contributed by atoms with van der Waals surface area (Å²) in [5.74, 6) is 1.61. The number of hydrogen-bond donors (Lipinski definition) is 2. The number of carbonyl (C=O) groups excluding carboxylic acids is 1. The summed E-state index contributed by atoms with van der Waals surface area (Å²) >= 11 is 0. The first kappa shape index (κ1) is 13.3. The van der Waals surface area contributed by atoms with Crippen LogP contribution in [0.15, 0.2) is 18.3 Å². The Bertz CT molecular complexity index is 367. The molecular weight excluding hydrogens is 218 g/mol. The van der Waals surface area contributed by atoms with Crippen molar-refractivity contribution in [2.75, 3.05) is 25.5 Å². The van der Waals surface area contributed by atoms with Gasteiger partial charge < -0.3 is 15.4 Å².